The molecule has 2 aliphatic heterocycles. The van der Waals surface area contributed by atoms with Crippen molar-refractivity contribution in [1.82, 2.24) is 25.3 Å². The molecule has 2 aliphatic rings. The lowest BCUT2D eigenvalue weighted by atomic mass is 10.0. The molecule has 2 aromatic carbocycles. The standard InChI is InChI=1S/C27H25N7O6/c1-15-30-32-24(33-31-15)17-9-7-16(8-10-17)14-28-21(35)6-3-13-40-20-5-2-4-18-23(20)27(39)34(26(18)38)19-11-12-22(36)29-25(19)37/h2,4-5,7-10,19H,3,6,11-14H2,1H3,(H,28,35)(H,29,36,37)/p+2. The second-order valence-corrected chi connectivity index (χ2v) is 9.52. The molecule has 13 nitrogen and oxygen atoms in total. The fourth-order valence-corrected chi connectivity index (χ4v) is 4.63. The summed E-state index contributed by atoms with van der Waals surface area (Å²) >= 11 is 0. The number of quaternary nitrogens is 2. The Morgan fingerprint density at radius 2 is 1.77 bits per heavy atom. The van der Waals surface area contributed by atoms with Crippen LogP contribution < -0.4 is 15.4 Å². The molecule has 1 atom stereocenters. The van der Waals surface area contributed by atoms with Crippen LogP contribution in [0.2, 0.25) is 0 Å². The van der Waals surface area contributed by atoms with Crippen LogP contribution in [0.15, 0.2) is 42.5 Å². The van der Waals surface area contributed by atoms with E-state index < -0.39 is 23.8 Å². The molecule has 0 spiro atoms. The van der Waals surface area contributed by atoms with E-state index in [1.165, 1.54) is 6.07 Å². The molecule has 0 aliphatic carbocycles. The van der Waals surface area contributed by atoms with E-state index in [4.69, 9.17) is 4.74 Å². The van der Waals surface area contributed by atoms with Crippen molar-refractivity contribution in [2.45, 2.75) is 45.2 Å². The lowest BCUT2D eigenvalue weighted by Crippen LogP contribution is -2.96. The molecule has 204 valence electrons. The zero-order chi connectivity index (χ0) is 28.2. The van der Waals surface area contributed by atoms with E-state index in [1.807, 2.05) is 24.3 Å². The Morgan fingerprint density at radius 1 is 1.02 bits per heavy atom. The van der Waals surface area contributed by atoms with Gasteiger partial charge in [-0.2, -0.15) is 0 Å². The van der Waals surface area contributed by atoms with Gasteiger partial charge in [0, 0.05) is 11.1 Å². The summed E-state index contributed by atoms with van der Waals surface area (Å²) < 4.78 is 5.79. The zero-order valence-corrected chi connectivity index (χ0v) is 21.7. The summed E-state index contributed by atoms with van der Waals surface area (Å²) in [4.78, 5) is 63.2. The highest BCUT2D eigenvalue weighted by Crippen LogP contribution is 2.33. The van der Waals surface area contributed by atoms with E-state index in [1.54, 1.807) is 24.4 Å². The molecule has 40 heavy (non-hydrogen) atoms. The maximum atomic E-state index is 13.1. The number of primary amides is 3. The van der Waals surface area contributed by atoms with Gasteiger partial charge in [-0.05, 0) is 31.9 Å². The van der Waals surface area contributed by atoms with Gasteiger partial charge in [0.15, 0.2) is 11.9 Å². The smallest absolute Gasteiger partial charge is 0.340 e. The maximum absolute atomic E-state index is 13.1. The van der Waals surface area contributed by atoms with Gasteiger partial charge < -0.3 is 4.74 Å². The number of aromatic nitrogens is 4. The van der Waals surface area contributed by atoms with Crippen LogP contribution in [-0.4, -0.2) is 67.5 Å². The Hall–Kier alpha value is -4.75. The minimum Gasteiger partial charge on any atom is -0.493 e. The second-order valence-electron chi connectivity index (χ2n) is 9.52. The number of benzene rings is 2. The highest BCUT2D eigenvalue weighted by Gasteiger charge is 2.47. The number of carbonyl (C=O) groups is 5. The van der Waals surface area contributed by atoms with Crippen LogP contribution in [0.3, 0.4) is 0 Å². The Labute approximate surface area is 228 Å². The average molecular weight is 546 g/mol. The predicted molar refractivity (Wildman–Crippen MR) is 135 cm³/mol. The number of hydrogen-bond acceptors (Lipinski definition) is 10. The van der Waals surface area contributed by atoms with Gasteiger partial charge in [0.05, 0.1) is 30.6 Å². The van der Waals surface area contributed by atoms with Crippen LogP contribution >= 0.6 is 0 Å². The van der Waals surface area contributed by atoms with E-state index in [9.17, 15) is 24.0 Å². The zero-order valence-electron chi connectivity index (χ0n) is 21.7. The quantitative estimate of drug-likeness (QED) is 0.252. The fraction of sp³-hybridized carbons (Fsp3) is 0.296. The van der Waals surface area contributed by atoms with Gasteiger partial charge in [-0.25, -0.2) is 19.7 Å². The van der Waals surface area contributed by atoms with Crippen molar-refractivity contribution in [2.75, 3.05) is 6.61 Å². The third kappa shape index (κ3) is 5.65. The van der Waals surface area contributed by atoms with Crippen molar-refractivity contribution in [1.29, 1.82) is 0 Å². The fourth-order valence-electron chi connectivity index (χ4n) is 4.63. The molecule has 1 aromatic heterocycles. The van der Waals surface area contributed by atoms with Gasteiger partial charge in [0.2, 0.25) is 5.82 Å². The summed E-state index contributed by atoms with van der Waals surface area (Å²) in [5, 5.41) is 18.4. The minimum atomic E-state index is -0.993. The molecule has 5 amide bonds. The number of imide groups is 2. The molecule has 5 rings (SSSR count). The van der Waals surface area contributed by atoms with Gasteiger partial charge in [-0.15, -0.1) is 20.4 Å². The predicted octanol–water partition coefficient (Wildman–Crippen LogP) is -0.934. The largest absolute Gasteiger partial charge is 0.493 e. The summed E-state index contributed by atoms with van der Waals surface area (Å²) in [5.74, 6) is -0.951. The van der Waals surface area contributed by atoms with Gasteiger partial charge in [0.25, 0.3) is 11.8 Å². The Morgan fingerprint density at radius 3 is 2.50 bits per heavy atom. The third-order valence-electron chi connectivity index (χ3n) is 6.70. The number of hydrogen-bond donors (Lipinski definition) is 2. The van der Waals surface area contributed by atoms with Crippen molar-refractivity contribution in [3.63, 3.8) is 0 Å². The normalized spacial score (nSPS) is 16.8. The van der Waals surface area contributed by atoms with Gasteiger partial charge >= 0.3 is 17.7 Å². The molecule has 1 fully saturated rings. The number of carbonyl (C=O) groups excluding carboxylic acids is 5. The summed E-state index contributed by atoms with van der Waals surface area (Å²) in [7, 11) is 0. The topological polar surface area (TPSA) is 183 Å². The lowest BCUT2D eigenvalue weighted by Gasteiger charge is -2.24. The Kier molecular flexibility index (Phi) is 7.75. The molecule has 4 N–H and O–H groups in total. The van der Waals surface area contributed by atoms with E-state index in [0.29, 0.717) is 24.6 Å². The molecule has 0 bridgehead atoms. The number of amides is 5. The van der Waals surface area contributed by atoms with Crippen molar-refractivity contribution >= 4 is 29.5 Å². The molecule has 0 saturated carbocycles. The van der Waals surface area contributed by atoms with Crippen molar-refractivity contribution in [3.05, 3.63) is 65.0 Å². The maximum Gasteiger partial charge on any atom is 0.340 e. The Bertz CT molecular complexity index is 1490. The first kappa shape index (κ1) is 26.8. The molecule has 13 heteroatoms. The molecule has 1 saturated heterocycles. The molecule has 0 radical (unpaired) electrons. The van der Waals surface area contributed by atoms with E-state index in [-0.39, 0.29) is 54.6 Å². The molecular weight excluding hydrogens is 518 g/mol. The second kappa shape index (κ2) is 11.6. The van der Waals surface area contributed by atoms with E-state index >= 15 is 0 Å². The van der Waals surface area contributed by atoms with Crippen LogP contribution in [0.1, 0.15) is 57.8 Å². The van der Waals surface area contributed by atoms with Crippen molar-refractivity contribution < 1.29 is 39.3 Å². The third-order valence-corrected chi connectivity index (χ3v) is 6.70. The van der Waals surface area contributed by atoms with Crippen LogP contribution in [0.5, 0.6) is 5.75 Å². The molecule has 3 aromatic rings. The SMILES string of the molecule is Cc1nnc(-c2ccc(C[NH2+]C(=O)CCCOc3cccc4c3C(=O)N(C3CCC(=O)[NH2+]C3=O)C4=O)cc2)nn1. The van der Waals surface area contributed by atoms with Crippen molar-refractivity contribution in [2.24, 2.45) is 0 Å². The van der Waals surface area contributed by atoms with Crippen LogP contribution in [0.25, 0.3) is 11.4 Å². The number of ether oxygens (including phenoxy) is 1. The first-order valence-electron chi connectivity index (χ1n) is 12.9. The number of fused-ring (bicyclic) bond motifs is 1. The lowest BCUT2D eigenvalue weighted by molar-refractivity contribution is -0.585. The van der Waals surface area contributed by atoms with Gasteiger partial charge in [-0.3, -0.25) is 19.8 Å². The Balaban J connectivity index is 1.11. The number of rotatable bonds is 9. The van der Waals surface area contributed by atoms with E-state index in [0.717, 1.165) is 21.3 Å². The highest BCUT2D eigenvalue weighted by atomic mass is 16.5. The number of aryl methyl sites for hydroxylation is 1. The summed E-state index contributed by atoms with van der Waals surface area (Å²) in [5.41, 5.74) is 1.99. The van der Waals surface area contributed by atoms with E-state index in [2.05, 4.69) is 20.4 Å². The number of nitrogens with zero attached hydrogens (tertiary/aromatic N) is 5. The molecule has 3 heterocycles. The van der Waals surface area contributed by atoms with Crippen molar-refractivity contribution in [3.8, 4) is 17.1 Å². The molecule has 1 unspecified atom stereocenters. The molecular formula is C27H27N7O6+2. The number of piperidine rings is 1. The summed E-state index contributed by atoms with van der Waals surface area (Å²) in [6.45, 7) is 2.34. The highest BCUT2D eigenvalue weighted by molar-refractivity contribution is 6.24. The monoisotopic (exact) mass is 545 g/mol. The summed E-state index contributed by atoms with van der Waals surface area (Å²) in [6, 6.07) is 11.2. The number of nitrogens with two attached hydrogens (primary N) is 2. The first-order chi connectivity index (χ1) is 19.3. The van der Waals surface area contributed by atoms with Crippen LogP contribution in [0, 0.1) is 6.92 Å². The summed E-state index contributed by atoms with van der Waals surface area (Å²) in [6.07, 6.45) is 0.865. The minimum absolute atomic E-state index is 0.0414. The van der Waals surface area contributed by atoms with Gasteiger partial charge in [0.1, 0.15) is 12.3 Å². The van der Waals surface area contributed by atoms with Crippen LogP contribution in [0.4, 0.5) is 0 Å². The first-order valence-corrected chi connectivity index (χ1v) is 12.9. The van der Waals surface area contributed by atoms with Gasteiger partial charge in [-0.1, -0.05) is 30.3 Å². The van der Waals surface area contributed by atoms with Crippen LogP contribution in [-0.2, 0) is 20.9 Å². The average Bonchev–Trinajstić information content (AvgIpc) is 3.21.